The maximum absolute atomic E-state index is 11.6. The van der Waals surface area contributed by atoms with Crippen LogP contribution in [0.3, 0.4) is 0 Å². The Bertz CT molecular complexity index is 241. The number of rotatable bonds is 4. The van der Waals surface area contributed by atoms with Gasteiger partial charge in [-0.3, -0.25) is 9.69 Å². The van der Waals surface area contributed by atoms with Crippen LogP contribution in [-0.2, 0) is 4.79 Å². The van der Waals surface area contributed by atoms with Crippen molar-refractivity contribution in [1.29, 1.82) is 0 Å². The fraction of sp³-hybridized carbons (Fsp3) is 0.917. The molecule has 0 saturated carbocycles. The van der Waals surface area contributed by atoms with Crippen LogP contribution in [-0.4, -0.2) is 47.2 Å². The molecule has 1 amide bonds. The lowest BCUT2D eigenvalue weighted by atomic mass is 10.1. The molecule has 1 rings (SSSR count). The summed E-state index contributed by atoms with van der Waals surface area (Å²) in [5.74, 6) is 0.407. The number of carbonyl (C=O) groups is 1. The van der Waals surface area contributed by atoms with E-state index in [1.807, 2.05) is 13.8 Å². The highest BCUT2D eigenvalue weighted by Gasteiger charge is 2.33. The Morgan fingerprint density at radius 1 is 1.38 bits per heavy atom. The van der Waals surface area contributed by atoms with Gasteiger partial charge in [-0.05, 0) is 19.8 Å². The summed E-state index contributed by atoms with van der Waals surface area (Å²) in [5.41, 5.74) is 0. The molecule has 0 aliphatic carbocycles. The largest absolute Gasteiger partial charge is 0.390 e. The topological polar surface area (TPSA) is 52.6 Å². The molecule has 4 heteroatoms. The van der Waals surface area contributed by atoms with E-state index in [9.17, 15) is 9.90 Å². The highest BCUT2D eigenvalue weighted by Crippen LogP contribution is 2.13. The number of likely N-dealkylation sites (tertiary alicyclic amines) is 1. The fourth-order valence-electron chi connectivity index (χ4n) is 2.02. The molecule has 0 aromatic carbocycles. The monoisotopic (exact) mass is 228 g/mol. The third-order valence-electron chi connectivity index (χ3n) is 2.99. The van der Waals surface area contributed by atoms with Crippen LogP contribution >= 0.6 is 0 Å². The minimum absolute atomic E-state index is 0.0460. The van der Waals surface area contributed by atoms with Crippen LogP contribution in [0.5, 0.6) is 0 Å². The highest BCUT2D eigenvalue weighted by atomic mass is 16.3. The first-order chi connectivity index (χ1) is 7.40. The molecule has 94 valence electrons. The van der Waals surface area contributed by atoms with Crippen molar-refractivity contribution < 1.29 is 9.90 Å². The molecule has 2 atom stereocenters. The minimum atomic E-state index is -0.432. The van der Waals surface area contributed by atoms with Crippen LogP contribution in [0.4, 0.5) is 0 Å². The van der Waals surface area contributed by atoms with E-state index in [-0.39, 0.29) is 11.9 Å². The maximum atomic E-state index is 11.6. The number of nitrogens with one attached hydrogen (secondary N) is 1. The third-order valence-corrected chi connectivity index (χ3v) is 2.99. The number of nitrogens with zero attached hydrogens (tertiary/aromatic N) is 1. The van der Waals surface area contributed by atoms with Gasteiger partial charge in [0.2, 0.25) is 5.91 Å². The molecule has 0 aromatic rings. The Labute approximate surface area is 98.0 Å². The van der Waals surface area contributed by atoms with E-state index in [0.29, 0.717) is 24.9 Å². The van der Waals surface area contributed by atoms with Gasteiger partial charge in [-0.2, -0.15) is 0 Å². The first kappa shape index (κ1) is 13.5. The van der Waals surface area contributed by atoms with Gasteiger partial charge in [-0.1, -0.05) is 13.8 Å². The summed E-state index contributed by atoms with van der Waals surface area (Å²) in [6.07, 6.45) is 0.101. The van der Waals surface area contributed by atoms with Crippen LogP contribution in [0.25, 0.3) is 0 Å². The summed E-state index contributed by atoms with van der Waals surface area (Å²) in [5, 5.41) is 12.7. The highest BCUT2D eigenvalue weighted by molar-refractivity contribution is 5.76. The smallest absolute Gasteiger partial charge is 0.220 e. The van der Waals surface area contributed by atoms with E-state index < -0.39 is 6.10 Å². The lowest BCUT2D eigenvalue weighted by molar-refractivity contribution is -0.123. The summed E-state index contributed by atoms with van der Waals surface area (Å²) in [7, 11) is 0. The maximum Gasteiger partial charge on any atom is 0.220 e. The van der Waals surface area contributed by atoms with E-state index in [1.54, 1.807) is 0 Å². The molecule has 2 unspecified atom stereocenters. The van der Waals surface area contributed by atoms with Crippen molar-refractivity contribution in [3.8, 4) is 0 Å². The quantitative estimate of drug-likeness (QED) is 0.741. The second kappa shape index (κ2) is 5.64. The third kappa shape index (κ3) is 3.76. The standard InChI is InChI=1S/C12H24N2O2/c1-8(2)5-12(16)13-10-6-14(9(3)4)7-11(10)15/h8-11,15H,5-7H2,1-4H3,(H,13,16). The Hall–Kier alpha value is -0.610. The molecule has 2 N–H and O–H groups in total. The van der Waals surface area contributed by atoms with Crippen molar-refractivity contribution in [1.82, 2.24) is 10.2 Å². The molecule has 0 aromatic heterocycles. The lowest BCUT2D eigenvalue weighted by Crippen LogP contribution is -2.43. The molecule has 1 aliphatic rings. The van der Waals surface area contributed by atoms with E-state index >= 15 is 0 Å². The van der Waals surface area contributed by atoms with Crippen LogP contribution in [0, 0.1) is 5.92 Å². The second-order valence-corrected chi connectivity index (χ2v) is 5.39. The summed E-state index contributed by atoms with van der Waals surface area (Å²) < 4.78 is 0. The summed E-state index contributed by atoms with van der Waals surface area (Å²) in [6.45, 7) is 9.65. The number of hydrogen-bond acceptors (Lipinski definition) is 3. The molecule has 0 radical (unpaired) electrons. The number of aliphatic hydroxyl groups excluding tert-OH is 1. The first-order valence-electron chi connectivity index (χ1n) is 6.11. The van der Waals surface area contributed by atoms with Crippen LogP contribution in [0.1, 0.15) is 34.1 Å². The molecule has 1 fully saturated rings. The normalized spacial score (nSPS) is 26.7. The molecule has 16 heavy (non-hydrogen) atoms. The predicted octanol–water partition coefficient (Wildman–Crippen LogP) is 0.602. The Balaban J connectivity index is 2.41. The number of aliphatic hydroxyl groups is 1. The second-order valence-electron chi connectivity index (χ2n) is 5.39. The Morgan fingerprint density at radius 2 is 2.00 bits per heavy atom. The van der Waals surface area contributed by atoms with Crippen LogP contribution in [0.15, 0.2) is 0 Å². The van der Waals surface area contributed by atoms with Gasteiger partial charge in [0.15, 0.2) is 0 Å². The molecule has 0 spiro atoms. The van der Waals surface area contributed by atoms with Crippen molar-refractivity contribution in [2.45, 2.75) is 52.3 Å². The molecule has 1 aliphatic heterocycles. The first-order valence-corrected chi connectivity index (χ1v) is 6.11. The zero-order chi connectivity index (χ0) is 12.3. The fourth-order valence-corrected chi connectivity index (χ4v) is 2.02. The van der Waals surface area contributed by atoms with Crippen molar-refractivity contribution in [3.63, 3.8) is 0 Å². The van der Waals surface area contributed by atoms with E-state index in [1.165, 1.54) is 0 Å². The Morgan fingerprint density at radius 3 is 2.44 bits per heavy atom. The zero-order valence-electron chi connectivity index (χ0n) is 10.7. The molecular weight excluding hydrogens is 204 g/mol. The van der Waals surface area contributed by atoms with Gasteiger partial charge in [-0.25, -0.2) is 0 Å². The summed E-state index contributed by atoms with van der Waals surface area (Å²) in [6, 6.07) is 0.315. The predicted molar refractivity (Wildman–Crippen MR) is 64.1 cm³/mol. The minimum Gasteiger partial charge on any atom is -0.390 e. The molecule has 0 bridgehead atoms. The van der Waals surface area contributed by atoms with Crippen LogP contribution < -0.4 is 5.32 Å². The van der Waals surface area contributed by atoms with Crippen molar-refractivity contribution in [2.75, 3.05) is 13.1 Å². The number of β-amino-alcohol motifs (C(OH)–C–C–N with tert-alkyl or cyclic N) is 1. The van der Waals surface area contributed by atoms with Gasteiger partial charge in [0.1, 0.15) is 0 Å². The van der Waals surface area contributed by atoms with Gasteiger partial charge in [-0.15, -0.1) is 0 Å². The van der Waals surface area contributed by atoms with Gasteiger partial charge < -0.3 is 10.4 Å². The SMILES string of the molecule is CC(C)CC(=O)NC1CN(C(C)C)CC1O. The summed E-state index contributed by atoms with van der Waals surface area (Å²) in [4.78, 5) is 13.8. The van der Waals surface area contributed by atoms with Gasteiger partial charge in [0, 0.05) is 25.6 Å². The number of carbonyl (C=O) groups excluding carboxylic acids is 1. The lowest BCUT2D eigenvalue weighted by Gasteiger charge is -2.20. The molecular formula is C12H24N2O2. The molecule has 1 saturated heterocycles. The number of amides is 1. The molecule has 4 nitrogen and oxygen atoms in total. The average molecular weight is 228 g/mol. The zero-order valence-corrected chi connectivity index (χ0v) is 10.7. The van der Waals surface area contributed by atoms with E-state index in [2.05, 4.69) is 24.1 Å². The van der Waals surface area contributed by atoms with Gasteiger partial charge in [0.05, 0.1) is 12.1 Å². The van der Waals surface area contributed by atoms with E-state index in [4.69, 9.17) is 0 Å². The summed E-state index contributed by atoms with van der Waals surface area (Å²) >= 11 is 0. The van der Waals surface area contributed by atoms with Crippen LogP contribution in [0.2, 0.25) is 0 Å². The Kier molecular flexibility index (Phi) is 4.74. The van der Waals surface area contributed by atoms with Gasteiger partial charge >= 0.3 is 0 Å². The number of hydrogen-bond donors (Lipinski definition) is 2. The molecule has 1 heterocycles. The average Bonchev–Trinajstić information content (AvgIpc) is 2.46. The van der Waals surface area contributed by atoms with E-state index in [0.717, 1.165) is 6.54 Å². The van der Waals surface area contributed by atoms with Crippen molar-refractivity contribution in [2.24, 2.45) is 5.92 Å². The van der Waals surface area contributed by atoms with Gasteiger partial charge in [0.25, 0.3) is 0 Å². The van der Waals surface area contributed by atoms with Crippen molar-refractivity contribution >= 4 is 5.91 Å². The van der Waals surface area contributed by atoms with Crippen molar-refractivity contribution in [3.05, 3.63) is 0 Å².